The summed E-state index contributed by atoms with van der Waals surface area (Å²) in [5.41, 5.74) is -0.617. The Morgan fingerprint density at radius 3 is 2.68 bits per heavy atom. The number of sulfonamides is 1. The first kappa shape index (κ1) is 17.3. The maximum atomic E-state index is 12.5. The number of benzene rings is 1. The monoisotopic (exact) mass is 381 g/mol. The molecular formula is C14H15N5O4S2. The van der Waals surface area contributed by atoms with Crippen molar-refractivity contribution in [3.8, 4) is 0 Å². The third-order valence-corrected chi connectivity index (χ3v) is 6.17. The van der Waals surface area contributed by atoms with Gasteiger partial charge in [-0.1, -0.05) is 11.3 Å². The van der Waals surface area contributed by atoms with Crippen LogP contribution in [-0.2, 0) is 27.4 Å². The Labute approximate surface area is 147 Å². The fraction of sp³-hybridized carbons (Fsp3) is 0.286. The second kappa shape index (κ2) is 5.77. The molecule has 0 bridgehead atoms. The van der Waals surface area contributed by atoms with E-state index in [1.165, 1.54) is 54.0 Å². The zero-order valence-electron chi connectivity index (χ0n) is 13.6. The molecule has 0 saturated carbocycles. The van der Waals surface area contributed by atoms with Crippen LogP contribution in [0.4, 0.5) is 0 Å². The van der Waals surface area contributed by atoms with Gasteiger partial charge in [-0.3, -0.25) is 9.59 Å². The van der Waals surface area contributed by atoms with Gasteiger partial charge in [-0.2, -0.15) is 5.10 Å². The number of rotatable bonds is 4. The number of hydrogen-bond donors (Lipinski definition) is 1. The van der Waals surface area contributed by atoms with Gasteiger partial charge in [-0.25, -0.2) is 22.8 Å². The van der Waals surface area contributed by atoms with Gasteiger partial charge in [0.1, 0.15) is 18.2 Å². The first-order valence-corrected chi connectivity index (χ1v) is 9.45. The molecule has 0 aliphatic heterocycles. The Morgan fingerprint density at radius 1 is 1.32 bits per heavy atom. The number of amides is 1. The largest absolute Gasteiger partial charge is 0.307 e. The van der Waals surface area contributed by atoms with Gasteiger partial charge in [0.15, 0.2) is 0 Å². The highest BCUT2D eigenvalue weighted by atomic mass is 32.2. The van der Waals surface area contributed by atoms with Crippen molar-refractivity contribution in [1.29, 1.82) is 0 Å². The van der Waals surface area contributed by atoms with Crippen LogP contribution < -0.4 is 9.60 Å². The molecule has 0 radical (unpaired) electrons. The summed E-state index contributed by atoms with van der Waals surface area (Å²) in [6.07, 6.45) is 2.59. The normalized spacial score (nSPS) is 12.4. The van der Waals surface area contributed by atoms with Gasteiger partial charge in [0.05, 0.1) is 15.1 Å². The maximum Gasteiger partial charge on any atom is 0.307 e. The van der Waals surface area contributed by atoms with Crippen molar-refractivity contribution in [3.05, 3.63) is 40.5 Å². The average Bonchev–Trinajstić information content (AvgIpc) is 3.16. The maximum absolute atomic E-state index is 12.5. The lowest BCUT2D eigenvalue weighted by Crippen LogP contribution is -2.46. The van der Waals surface area contributed by atoms with Crippen LogP contribution in [0.3, 0.4) is 0 Å². The van der Waals surface area contributed by atoms with Crippen LogP contribution in [0.5, 0.6) is 0 Å². The van der Waals surface area contributed by atoms with Crippen LogP contribution in [0.15, 0.2) is 40.5 Å². The number of carbonyl (C=O) groups is 1. The van der Waals surface area contributed by atoms with E-state index in [9.17, 15) is 18.0 Å². The van der Waals surface area contributed by atoms with Crippen molar-refractivity contribution >= 4 is 37.5 Å². The number of aryl methyl sites for hydroxylation is 1. The SMILES string of the molecule is Cn1c(=O)sc2cc(S(=O)(=O)NC(=O)C(C)(C)n3cncn3)ccc21. The molecule has 1 aromatic carbocycles. The molecule has 0 aliphatic carbocycles. The summed E-state index contributed by atoms with van der Waals surface area (Å²) in [7, 11) is -2.49. The molecule has 3 aromatic rings. The minimum atomic E-state index is -4.09. The molecule has 1 amide bonds. The van der Waals surface area contributed by atoms with Gasteiger partial charge in [-0.05, 0) is 32.0 Å². The van der Waals surface area contributed by atoms with E-state index in [1.807, 2.05) is 0 Å². The van der Waals surface area contributed by atoms with E-state index in [0.717, 1.165) is 11.3 Å². The van der Waals surface area contributed by atoms with Gasteiger partial charge in [0, 0.05) is 7.05 Å². The standard InChI is InChI=1S/C14H15N5O4S2/c1-14(2,19-8-15-7-16-19)12(20)17-25(22,23)9-4-5-10-11(6-9)24-13(21)18(10)3/h4-8H,1-3H3,(H,17,20). The Bertz CT molecular complexity index is 1110. The molecule has 0 spiro atoms. The highest BCUT2D eigenvalue weighted by Gasteiger charge is 2.34. The number of hydrogen-bond acceptors (Lipinski definition) is 7. The number of aromatic nitrogens is 4. The Balaban J connectivity index is 1.94. The van der Waals surface area contributed by atoms with Crippen LogP contribution in [0.25, 0.3) is 10.2 Å². The number of carbonyl (C=O) groups excluding carboxylic acids is 1. The third-order valence-electron chi connectivity index (χ3n) is 3.85. The van der Waals surface area contributed by atoms with Crippen LogP contribution in [0, 0.1) is 0 Å². The van der Waals surface area contributed by atoms with Gasteiger partial charge >= 0.3 is 4.87 Å². The molecule has 1 N–H and O–H groups in total. The lowest BCUT2D eigenvalue weighted by atomic mass is 10.1. The summed E-state index contributed by atoms with van der Waals surface area (Å²) >= 11 is 0.939. The van der Waals surface area contributed by atoms with Crippen molar-refractivity contribution in [1.82, 2.24) is 24.1 Å². The molecule has 0 atom stereocenters. The molecule has 0 fully saturated rings. The number of fused-ring (bicyclic) bond motifs is 1. The van der Waals surface area contributed by atoms with E-state index in [0.29, 0.717) is 10.2 Å². The number of nitrogens with one attached hydrogen (secondary N) is 1. The van der Waals surface area contributed by atoms with E-state index in [2.05, 4.69) is 14.8 Å². The van der Waals surface area contributed by atoms with Crippen molar-refractivity contribution in [2.45, 2.75) is 24.3 Å². The Morgan fingerprint density at radius 2 is 2.04 bits per heavy atom. The van der Waals surface area contributed by atoms with Gasteiger partial charge in [-0.15, -0.1) is 0 Å². The first-order valence-electron chi connectivity index (χ1n) is 7.15. The molecule has 9 nitrogen and oxygen atoms in total. The van der Waals surface area contributed by atoms with E-state index >= 15 is 0 Å². The molecule has 0 aliphatic rings. The zero-order chi connectivity index (χ0) is 18.4. The van der Waals surface area contributed by atoms with E-state index in [1.54, 1.807) is 7.05 Å². The second-order valence-electron chi connectivity index (χ2n) is 5.89. The van der Waals surface area contributed by atoms with E-state index < -0.39 is 21.5 Å². The van der Waals surface area contributed by atoms with Gasteiger partial charge < -0.3 is 4.57 Å². The quantitative estimate of drug-likeness (QED) is 0.701. The Hall–Kier alpha value is -2.53. The number of nitrogens with zero attached hydrogens (tertiary/aromatic N) is 4. The topological polar surface area (TPSA) is 116 Å². The van der Waals surface area contributed by atoms with Crippen LogP contribution in [-0.4, -0.2) is 33.7 Å². The smallest absolute Gasteiger partial charge is 0.302 e. The molecule has 3 rings (SSSR count). The molecule has 11 heteroatoms. The van der Waals surface area contributed by atoms with Crippen LogP contribution in [0.2, 0.25) is 0 Å². The fourth-order valence-electron chi connectivity index (χ4n) is 2.19. The van der Waals surface area contributed by atoms with E-state index in [4.69, 9.17) is 0 Å². The van der Waals surface area contributed by atoms with Gasteiger partial charge in [0.25, 0.3) is 15.9 Å². The molecule has 25 heavy (non-hydrogen) atoms. The van der Waals surface area contributed by atoms with Crippen LogP contribution in [0.1, 0.15) is 13.8 Å². The van der Waals surface area contributed by atoms with Gasteiger partial charge in [0.2, 0.25) is 0 Å². The molecule has 0 saturated heterocycles. The Kier molecular flexibility index (Phi) is 4.00. The minimum absolute atomic E-state index is 0.0930. The van der Waals surface area contributed by atoms with Crippen molar-refractivity contribution < 1.29 is 13.2 Å². The van der Waals surface area contributed by atoms with Crippen molar-refractivity contribution in [2.24, 2.45) is 7.05 Å². The summed E-state index contributed by atoms with van der Waals surface area (Å²) in [4.78, 5) is 27.6. The van der Waals surface area contributed by atoms with Crippen LogP contribution >= 0.6 is 11.3 Å². The highest BCUT2D eigenvalue weighted by Crippen LogP contribution is 2.22. The minimum Gasteiger partial charge on any atom is -0.302 e. The molecule has 2 aromatic heterocycles. The summed E-state index contributed by atoms with van der Waals surface area (Å²) in [5.74, 6) is -0.751. The molecule has 132 valence electrons. The predicted molar refractivity (Wildman–Crippen MR) is 91.7 cm³/mol. The van der Waals surface area contributed by atoms with Crippen molar-refractivity contribution in [3.63, 3.8) is 0 Å². The molecule has 2 heterocycles. The highest BCUT2D eigenvalue weighted by molar-refractivity contribution is 7.90. The lowest BCUT2D eigenvalue weighted by molar-refractivity contribution is -0.126. The summed E-state index contributed by atoms with van der Waals surface area (Å²) in [6, 6.07) is 4.26. The first-order chi connectivity index (χ1) is 11.6. The average molecular weight is 381 g/mol. The lowest BCUT2D eigenvalue weighted by Gasteiger charge is -2.23. The summed E-state index contributed by atoms with van der Waals surface area (Å²) in [6.45, 7) is 3.05. The molecular weight excluding hydrogens is 366 g/mol. The van der Waals surface area contributed by atoms with E-state index in [-0.39, 0.29) is 9.77 Å². The summed E-state index contributed by atoms with van der Waals surface area (Å²) in [5, 5.41) is 3.88. The van der Waals surface area contributed by atoms with Crippen molar-refractivity contribution in [2.75, 3.05) is 0 Å². The summed E-state index contributed by atoms with van der Waals surface area (Å²) < 4.78 is 30.4. The molecule has 0 unspecified atom stereocenters. The third kappa shape index (κ3) is 2.96. The number of thiazole rings is 1. The predicted octanol–water partition coefficient (Wildman–Crippen LogP) is 0.432. The second-order valence-corrected chi connectivity index (χ2v) is 8.57. The fourth-order valence-corrected chi connectivity index (χ4v) is 4.31. The zero-order valence-corrected chi connectivity index (χ0v) is 15.3.